The first-order chi connectivity index (χ1) is 15.9. The molecule has 0 unspecified atom stereocenters. The Morgan fingerprint density at radius 3 is 2.18 bits per heavy atom. The number of nitrogens with zero attached hydrogens (tertiary/aromatic N) is 1. The summed E-state index contributed by atoms with van der Waals surface area (Å²) in [7, 11) is -0.637. The molecule has 0 heterocycles. The summed E-state index contributed by atoms with van der Waals surface area (Å²) in [6.45, 7) is 1.81. The van der Waals surface area contributed by atoms with Crippen LogP contribution in [0.15, 0.2) is 77.7 Å². The molecule has 0 radical (unpaired) electrons. The summed E-state index contributed by atoms with van der Waals surface area (Å²) in [5.41, 5.74) is 0.994. The summed E-state index contributed by atoms with van der Waals surface area (Å²) in [5, 5.41) is 2.73. The Morgan fingerprint density at radius 2 is 1.58 bits per heavy atom. The summed E-state index contributed by atoms with van der Waals surface area (Å²) >= 11 is 0. The lowest BCUT2D eigenvalue weighted by Crippen LogP contribution is -2.30. The lowest BCUT2D eigenvalue weighted by molar-refractivity contribution is -0.118. The molecule has 0 aromatic heterocycles. The molecule has 9 heteroatoms. The average molecular weight is 471 g/mol. The molecule has 0 saturated carbocycles. The highest BCUT2D eigenvalue weighted by atomic mass is 32.2. The molecule has 0 atom stereocenters. The van der Waals surface area contributed by atoms with Crippen LogP contribution in [0, 0.1) is 0 Å². The number of carbonyl (C=O) groups is 1. The number of amides is 1. The highest BCUT2D eigenvalue weighted by Gasteiger charge is 2.23. The van der Waals surface area contributed by atoms with E-state index in [-0.39, 0.29) is 24.0 Å². The number of rotatable bonds is 10. The molecular formula is C24H26N2O6S. The maximum absolute atomic E-state index is 13.0. The molecule has 0 aliphatic heterocycles. The first kappa shape index (κ1) is 23.9. The maximum Gasteiger partial charge on any atom is 0.264 e. The van der Waals surface area contributed by atoms with E-state index in [0.717, 1.165) is 0 Å². The largest absolute Gasteiger partial charge is 0.497 e. The van der Waals surface area contributed by atoms with Crippen LogP contribution < -0.4 is 23.8 Å². The van der Waals surface area contributed by atoms with Crippen molar-refractivity contribution in [2.75, 3.05) is 37.0 Å². The van der Waals surface area contributed by atoms with Gasteiger partial charge in [-0.15, -0.1) is 0 Å². The van der Waals surface area contributed by atoms with Gasteiger partial charge in [0.25, 0.3) is 15.9 Å². The van der Waals surface area contributed by atoms with Crippen molar-refractivity contribution in [2.24, 2.45) is 0 Å². The van der Waals surface area contributed by atoms with E-state index >= 15 is 0 Å². The van der Waals surface area contributed by atoms with Crippen molar-refractivity contribution in [3.05, 3.63) is 72.8 Å². The number of hydrogen-bond acceptors (Lipinski definition) is 6. The Morgan fingerprint density at radius 1 is 0.909 bits per heavy atom. The molecular weight excluding hydrogens is 444 g/mol. The van der Waals surface area contributed by atoms with Crippen LogP contribution >= 0.6 is 0 Å². The predicted molar refractivity (Wildman–Crippen MR) is 127 cm³/mol. The van der Waals surface area contributed by atoms with Crippen LogP contribution in [0.2, 0.25) is 0 Å². The summed E-state index contributed by atoms with van der Waals surface area (Å²) in [6, 6.07) is 19.8. The number of benzene rings is 3. The van der Waals surface area contributed by atoms with Gasteiger partial charge >= 0.3 is 0 Å². The number of carbonyl (C=O) groups excluding carboxylic acids is 1. The number of sulfonamides is 1. The topological polar surface area (TPSA) is 94.2 Å². The standard InChI is InChI=1S/C24H26N2O6S/c1-4-26(33(28,29)21-8-6-5-7-9-21)18-10-12-19(13-11-18)32-17-24(27)25-22-15-14-20(30-2)16-23(22)31-3/h5-16H,4,17H2,1-3H3,(H,25,27). The fourth-order valence-electron chi connectivity index (χ4n) is 3.16. The molecule has 0 aliphatic carbocycles. The zero-order valence-corrected chi connectivity index (χ0v) is 19.5. The molecule has 33 heavy (non-hydrogen) atoms. The summed E-state index contributed by atoms with van der Waals surface area (Å²) in [4.78, 5) is 12.5. The van der Waals surface area contributed by atoms with Crippen LogP contribution in [0.5, 0.6) is 17.2 Å². The molecule has 174 valence electrons. The van der Waals surface area contributed by atoms with E-state index in [2.05, 4.69) is 5.32 Å². The van der Waals surface area contributed by atoms with Crippen molar-refractivity contribution >= 4 is 27.3 Å². The predicted octanol–water partition coefficient (Wildman–Crippen LogP) is 3.94. The fourth-order valence-corrected chi connectivity index (χ4v) is 4.65. The van der Waals surface area contributed by atoms with Crippen molar-refractivity contribution in [3.8, 4) is 17.2 Å². The minimum absolute atomic E-state index is 0.220. The van der Waals surface area contributed by atoms with E-state index in [4.69, 9.17) is 14.2 Å². The maximum atomic E-state index is 13.0. The van der Waals surface area contributed by atoms with Crippen molar-refractivity contribution in [1.29, 1.82) is 0 Å². The molecule has 0 aliphatic rings. The second-order valence-corrected chi connectivity index (χ2v) is 8.74. The van der Waals surface area contributed by atoms with Gasteiger partial charge in [-0.1, -0.05) is 18.2 Å². The van der Waals surface area contributed by atoms with Crippen LogP contribution in [0.1, 0.15) is 6.92 Å². The van der Waals surface area contributed by atoms with E-state index in [1.807, 2.05) is 0 Å². The molecule has 0 saturated heterocycles. The lowest BCUT2D eigenvalue weighted by atomic mass is 10.2. The van der Waals surface area contributed by atoms with Crippen molar-refractivity contribution in [2.45, 2.75) is 11.8 Å². The zero-order valence-electron chi connectivity index (χ0n) is 18.6. The highest BCUT2D eigenvalue weighted by molar-refractivity contribution is 7.92. The third-order valence-electron chi connectivity index (χ3n) is 4.80. The van der Waals surface area contributed by atoms with E-state index in [0.29, 0.717) is 28.6 Å². The Labute approximate surface area is 193 Å². The average Bonchev–Trinajstić information content (AvgIpc) is 2.84. The van der Waals surface area contributed by atoms with Crippen LogP contribution in [0.25, 0.3) is 0 Å². The summed E-state index contributed by atoms with van der Waals surface area (Å²) < 4.78 is 43.2. The molecule has 3 aromatic rings. The van der Waals surface area contributed by atoms with Crippen molar-refractivity contribution in [3.63, 3.8) is 0 Å². The van der Waals surface area contributed by atoms with E-state index in [1.165, 1.54) is 11.4 Å². The van der Waals surface area contributed by atoms with Crippen molar-refractivity contribution < 1.29 is 27.4 Å². The highest BCUT2D eigenvalue weighted by Crippen LogP contribution is 2.29. The fraction of sp³-hybridized carbons (Fsp3) is 0.208. The third-order valence-corrected chi connectivity index (χ3v) is 6.71. The Balaban J connectivity index is 1.64. The Bertz CT molecular complexity index is 1180. The van der Waals surface area contributed by atoms with Crippen molar-refractivity contribution in [1.82, 2.24) is 0 Å². The second-order valence-electron chi connectivity index (χ2n) is 6.88. The molecule has 0 fully saturated rings. The van der Waals surface area contributed by atoms with Gasteiger partial charge in [0.1, 0.15) is 17.2 Å². The SMILES string of the molecule is CCN(c1ccc(OCC(=O)Nc2ccc(OC)cc2OC)cc1)S(=O)(=O)c1ccccc1. The van der Waals surface area contributed by atoms with E-state index in [9.17, 15) is 13.2 Å². The van der Waals surface area contributed by atoms with Gasteiger partial charge in [0, 0.05) is 12.6 Å². The lowest BCUT2D eigenvalue weighted by Gasteiger charge is -2.23. The molecule has 1 amide bonds. The minimum atomic E-state index is -3.68. The first-order valence-electron chi connectivity index (χ1n) is 10.2. The van der Waals surface area contributed by atoms with Gasteiger partial charge in [-0.3, -0.25) is 9.10 Å². The number of anilines is 2. The molecule has 0 spiro atoms. The van der Waals surface area contributed by atoms with Crippen LogP contribution in [-0.4, -0.2) is 41.7 Å². The molecule has 3 aromatic carbocycles. The normalized spacial score (nSPS) is 10.9. The van der Waals surface area contributed by atoms with Gasteiger partial charge in [-0.05, 0) is 55.5 Å². The number of methoxy groups -OCH3 is 2. The Kier molecular flexibility index (Phi) is 7.78. The summed E-state index contributed by atoms with van der Waals surface area (Å²) in [6.07, 6.45) is 0. The smallest absolute Gasteiger partial charge is 0.264 e. The molecule has 0 bridgehead atoms. The molecule has 3 rings (SSSR count). The van der Waals surface area contributed by atoms with E-state index in [1.54, 1.807) is 86.8 Å². The molecule has 1 N–H and O–H groups in total. The van der Waals surface area contributed by atoms with Gasteiger partial charge in [0.2, 0.25) is 0 Å². The third kappa shape index (κ3) is 5.75. The molecule has 8 nitrogen and oxygen atoms in total. The van der Waals surface area contributed by atoms with Gasteiger partial charge in [0.15, 0.2) is 6.61 Å². The quantitative estimate of drug-likeness (QED) is 0.482. The zero-order chi connectivity index (χ0) is 23.8. The van der Waals surface area contributed by atoms with Crippen LogP contribution in [0.3, 0.4) is 0 Å². The number of ether oxygens (including phenoxy) is 3. The van der Waals surface area contributed by atoms with Crippen LogP contribution in [0.4, 0.5) is 11.4 Å². The first-order valence-corrected chi connectivity index (χ1v) is 11.7. The van der Waals surface area contributed by atoms with E-state index < -0.39 is 10.0 Å². The van der Waals surface area contributed by atoms with Gasteiger partial charge in [0.05, 0.1) is 30.5 Å². The van der Waals surface area contributed by atoms with Gasteiger partial charge in [-0.2, -0.15) is 0 Å². The second kappa shape index (κ2) is 10.7. The minimum Gasteiger partial charge on any atom is -0.497 e. The summed E-state index contributed by atoms with van der Waals surface area (Å²) in [5.74, 6) is 1.14. The number of hydrogen-bond donors (Lipinski definition) is 1. The van der Waals surface area contributed by atoms with Gasteiger partial charge < -0.3 is 19.5 Å². The van der Waals surface area contributed by atoms with Crippen LogP contribution in [-0.2, 0) is 14.8 Å². The number of nitrogens with one attached hydrogen (secondary N) is 1. The Hall–Kier alpha value is -3.72. The monoisotopic (exact) mass is 470 g/mol. The van der Waals surface area contributed by atoms with Gasteiger partial charge in [-0.25, -0.2) is 8.42 Å².